The normalized spacial score (nSPS) is 32.2. The van der Waals surface area contributed by atoms with Gasteiger partial charge in [-0.25, -0.2) is 0 Å². The predicted octanol–water partition coefficient (Wildman–Crippen LogP) is 0.339. The maximum Gasteiger partial charge on any atom is 0.320 e. The van der Waals surface area contributed by atoms with Gasteiger partial charge < -0.3 is 15.9 Å². The van der Waals surface area contributed by atoms with Gasteiger partial charge in [0.15, 0.2) is 0 Å². The molecule has 0 radical (unpaired) electrons. The Kier molecular flexibility index (Phi) is 3.69. The van der Waals surface area contributed by atoms with Gasteiger partial charge in [-0.05, 0) is 12.8 Å². The molecule has 1 unspecified atom stereocenters. The van der Waals surface area contributed by atoms with Crippen LogP contribution in [0, 0.1) is 5.92 Å². The molecular weight excluding hydrogens is 170 g/mol. The van der Waals surface area contributed by atoms with E-state index in [4.69, 9.17) is 10.8 Å². The maximum absolute atomic E-state index is 10.6. The molecule has 76 valence electrons. The van der Waals surface area contributed by atoms with Crippen molar-refractivity contribution in [1.82, 2.24) is 0 Å². The van der Waals surface area contributed by atoms with Crippen molar-refractivity contribution in [3.05, 3.63) is 0 Å². The minimum atomic E-state index is -1.01. The molecule has 0 aliphatic heterocycles. The van der Waals surface area contributed by atoms with E-state index in [1.54, 1.807) is 0 Å². The highest BCUT2D eigenvalue weighted by atomic mass is 16.4. The molecule has 4 nitrogen and oxygen atoms in total. The second-order valence-electron chi connectivity index (χ2n) is 3.73. The van der Waals surface area contributed by atoms with Gasteiger partial charge in [-0.2, -0.15) is 0 Å². The standard InChI is InChI=1S/C9H17NO3/c10-8(9(12)13)6-4-2-1-3-5-7(6)11/h6-8,11H,1-5,10H2,(H,12,13)/t6?,7-,8+/m0/s1. The van der Waals surface area contributed by atoms with Gasteiger partial charge in [-0.15, -0.1) is 0 Å². The molecule has 0 bridgehead atoms. The first-order valence-corrected chi connectivity index (χ1v) is 4.79. The molecule has 1 aliphatic carbocycles. The van der Waals surface area contributed by atoms with Crippen molar-refractivity contribution in [3.63, 3.8) is 0 Å². The van der Waals surface area contributed by atoms with Gasteiger partial charge in [-0.1, -0.05) is 19.3 Å². The lowest BCUT2D eigenvalue weighted by Crippen LogP contribution is -2.43. The zero-order valence-electron chi connectivity index (χ0n) is 7.65. The molecule has 0 saturated heterocycles. The van der Waals surface area contributed by atoms with Crippen molar-refractivity contribution >= 4 is 5.97 Å². The number of aliphatic hydroxyl groups is 1. The van der Waals surface area contributed by atoms with Gasteiger partial charge in [0.25, 0.3) is 0 Å². The zero-order chi connectivity index (χ0) is 9.84. The first kappa shape index (κ1) is 10.5. The van der Waals surface area contributed by atoms with Gasteiger partial charge in [0.2, 0.25) is 0 Å². The summed E-state index contributed by atoms with van der Waals surface area (Å²) in [5, 5.41) is 18.3. The maximum atomic E-state index is 10.6. The Morgan fingerprint density at radius 1 is 1.31 bits per heavy atom. The van der Waals surface area contributed by atoms with E-state index in [1.165, 1.54) is 0 Å². The zero-order valence-corrected chi connectivity index (χ0v) is 7.65. The largest absolute Gasteiger partial charge is 0.480 e. The van der Waals surface area contributed by atoms with Crippen LogP contribution in [0.4, 0.5) is 0 Å². The van der Waals surface area contributed by atoms with Crippen LogP contribution in [-0.2, 0) is 4.79 Å². The first-order valence-electron chi connectivity index (χ1n) is 4.79. The van der Waals surface area contributed by atoms with Crippen LogP contribution in [0.2, 0.25) is 0 Å². The molecule has 4 N–H and O–H groups in total. The molecule has 1 saturated carbocycles. The van der Waals surface area contributed by atoms with Crippen LogP contribution < -0.4 is 5.73 Å². The van der Waals surface area contributed by atoms with E-state index >= 15 is 0 Å². The summed E-state index contributed by atoms with van der Waals surface area (Å²) >= 11 is 0. The molecule has 4 heteroatoms. The molecule has 0 heterocycles. The van der Waals surface area contributed by atoms with Crippen LogP contribution in [-0.4, -0.2) is 28.3 Å². The summed E-state index contributed by atoms with van der Waals surface area (Å²) in [6.45, 7) is 0. The quantitative estimate of drug-likeness (QED) is 0.544. The van der Waals surface area contributed by atoms with Gasteiger partial charge in [0.05, 0.1) is 6.10 Å². The van der Waals surface area contributed by atoms with Crippen LogP contribution in [0.3, 0.4) is 0 Å². The molecule has 1 aliphatic rings. The summed E-state index contributed by atoms with van der Waals surface area (Å²) in [4.78, 5) is 10.6. The molecule has 1 rings (SSSR count). The number of nitrogens with two attached hydrogens (primary N) is 1. The lowest BCUT2D eigenvalue weighted by atomic mass is 9.90. The van der Waals surface area contributed by atoms with Gasteiger partial charge in [0.1, 0.15) is 6.04 Å². The highest BCUT2D eigenvalue weighted by molar-refractivity contribution is 5.73. The van der Waals surface area contributed by atoms with Crippen molar-refractivity contribution in [1.29, 1.82) is 0 Å². The molecule has 3 atom stereocenters. The van der Waals surface area contributed by atoms with E-state index < -0.39 is 18.1 Å². The predicted molar refractivity (Wildman–Crippen MR) is 48.2 cm³/mol. The second-order valence-corrected chi connectivity index (χ2v) is 3.73. The van der Waals surface area contributed by atoms with E-state index in [0.29, 0.717) is 6.42 Å². The number of aliphatic hydroxyl groups excluding tert-OH is 1. The van der Waals surface area contributed by atoms with E-state index in [-0.39, 0.29) is 5.92 Å². The first-order chi connectivity index (χ1) is 6.13. The Bertz CT molecular complexity index is 184. The van der Waals surface area contributed by atoms with Crippen molar-refractivity contribution in [2.75, 3.05) is 0 Å². The van der Waals surface area contributed by atoms with Crippen molar-refractivity contribution in [3.8, 4) is 0 Å². The van der Waals surface area contributed by atoms with Crippen LogP contribution in [0.15, 0.2) is 0 Å². The number of aliphatic carboxylic acids is 1. The third-order valence-corrected chi connectivity index (χ3v) is 2.78. The molecular formula is C9H17NO3. The fourth-order valence-corrected chi connectivity index (χ4v) is 1.92. The fourth-order valence-electron chi connectivity index (χ4n) is 1.92. The average molecular weight is 187 g/mol. The van der Waals surface area contributed by atoms with E-state index in [0.717, 1.165) is 25.7 Å². The fraction of sp³-hybridized carbons (Fsp3) is 0.889. The summed E-state index contributed by atoms with van der Waals surface area (Å²) in [5.41, 5.74) is 5.49. The topological polar surface area (TPSA) is 83.6 Å². The Morgan fingerprint density at radius 3 is 2.54 bits per heavy atom. The lowest BCUT2D eigenvalue weighted by molar-refractivity contribution is -0.141. The van der Waals surface area contributed by atoms with Crippen LogP contribution in [0.1, 0.15) is 32.1 Å². The SMILES string of the molecule is N[C@@H](C(=O)O)C1CCCCC[C@@H]1O. The van der Waals surface area contributed by atoms with Crippen molar-refractivity contribution < 1.29 is 15.0 Å². The Morgan fingerprint density at radius 2 is 1.92 bits per heavy atom. The number of hydrogen-bond acceptors (Lipinski definition) is 3. The third kappa shape index (κ3) is 2.67. The molecule has 0 aromatic heterocycles. The van der Waals surface area contributed by atoms with E-state index in [1.807, 2.05) is 0 Å². The summed E-state index contributed by atoms with van der Waals surface area (Å²) in [6.07, 6.45) is 3.90. The lowest BCUT2D eigenvalue weighted by Gasteiger charge is -2.23. The Balaban J connectivity index is 2.58. The number of rotatable bonds is 2. The molecule has 0 spiro atoms. The second kappa shape index (κ2) is 4.58. The number of hydrogen-bond donors (Lipinski definition) is 3. The van der Waals surface area contributed by atoms with Gasteiger partial charge >= 0.3 is 5.97 Å². The summed E-state index contributed by atoms with van der Waals surface area (Å²) in [7, 11) is 0. The average Bonchev–Trinajstić information content (AvgIpc) is 2.28. The number of carbonyl (C=O) groups is 1. The smallest absolute Gasteiger partial charge is 0.320 e. The monoisotopic (exact) mass is 187 g/mol. The molecule has 0 amide bonds. The van der Waals surface area contributed by atoms with E-state index in [9.17, 15) is 9.90 Å². The van der Waals surface area contributed by atoms with Crippen LogP contribution in [0.5, 0.6) is 0 Å². The summed E-state index contributed by atoms with van der Waals surface area (Å²) < 4.78 is 0. The highest BCUT2D eigenvalue weighted by Crippen LogP contribution is 2.25. The molecule has 13 heavy (non-hydrogen) atoms. The molecule has 0 aromatic carbocycles. The summed E-state index contributed by atoms with van der Waals surface area (Å²) in [6, 6.07) is -0.909. The Hall–Kier alpha value is -0.610. The third-order valence-electron chi connectivity index (χ3n) is 2.78. The van der Waals surface area contributed by atoms with Gasteiger partial charge in [-0.3, -0.25) is 4.79 Å². The summed E-state index contributed by atoms with van der Waals surface area (Å²) in [5.74, 6) is -1.27. The highest BCUT2D eigenvalue weighted by Gasteiger charge is 2.31. The van der Waals surface area contributed by atoms with Crippen LogP contribution in [0.25, 0.3) is 0 Å². The minimum absolute atomic E-state index is 0.264. The van der Waals surface area contributed by atoms with Gasteiger partial charge in [0, 0.05) is 5.92 Å². The van der Waals surface area contributed by atoms with E-state index in [2.05, 4.69) is 0 Å². The van der Waals surface area contributed by atoms with Crippen molar-refractivity contribution in [2.24, 2.45) is 11.7 Å². The Labute approximate surface area is 77.7 Å². The number of carboxylic acids is 1. The minimum Gasteiger partial charge on any atom is -0.480 e. The molecule has 0 aromatic rings. The van der Waals surface area contributed by atoms with Crippen molar-refractivity contribution in [2.45, 2.75) is 44.2 Å². The molecule has 1 fully saturated rings. The number of carboxylic acid groups (broad SMARTS) is 1. The van der Waals surface area contributed by atoms with Crippen LogP contribution >= 0.6 is 0 Å².